The molecular weight excluding hydrogens is 456 g/mol. The van der Waals surface area contributed by atoms with Crippen LogP contribution in [0.4, 0.5) is 0 Å². The number of amides is 2. The Morgan fingerprint density at radius 3 is 2.59 bits per heavy atom. The lowest BCUT2D eigenvalue weighted by atomic mass is 9.84. The van der Waals surface area contributed by atoms with Gasteiger partial charge in [0.2, 0.25) is 17.7 Å². The lowest BCUT2D eigenvalue weighted by Crippen LogP contribution is -2.68. The highest BCUT2D eigenvalue weighted by Crippen LogP contribution is 2.33. The van der Waals surface area contributed by atoms with Gasteiger partial charge in [0.25, 0.3) is 0 Å². The summed E-state index contributed by atoms with van der Waals surface area (Å²) in [6.45, 7) is 4.96. The summed E-state index contributed by atoms with van der Waals surface area (Å²) in [5.74, 6) is -0.629. The van der Waals surface area contributed by atoms with Gasteiger partial charge in [-0.2, -0.15) is 0 Å². The van der Waals surface area contributed by atoms with Crippen LogP contribution >= 0.6 is 11.6 Å². The minimum absolute atomic E-state index is 0.0718. The molecule has 2 aromatic carbocycles. The Morgan fingerprint density at radius 2 is 1.97 bits per heavy atom. The van der Waals surface area contributed by atoms with Crippen LogP contribution in [0.5, 0.6) is 0 Å². The largest absolute Gasteiger partial charge is 0.434 e. The molecule has 0 aliphatic carbocycles. The van der Waals surface area contributed by atoms with Gasteiger partial charge in [0.1, 0.15) is 5.54 Å². The summed E-state index contributed by atoms with van der Waals surface area (Å²) in [5.41, 5.74) is 1.99. The van der Waals surface area contributed by atoms with Crippen molar-refractivity contribution in [1.29, 1.82) is 0 Å². The molecule has 0 saturated carbocycles. The van der Waals surface area contributed by atoms with Gasteiger partial charge in [-0.05, 0) is 43.5 Å². The van der Waals surface area contributed by atoms with Crippen LogP contribution in [-0.4, -0.2) is 50.4 Å². The third kappa shape index (κ3) is 5.22. The van der Waals surface area contributed by atoms with Crippen LogP contribution in [0.15, 0.2) is 57.7 Å². The van der Waals surface area contributed by atoms with Crippen molar-refractivity contribution >= 4 is 23.4 Å². The molecule has 0 spiro atoms. The van der Waals surface area contributed by atoms with E-state index in [0.717, 1.165) is 16.7 Å². The molecule has 3 aromatic rings. The molecule has 2 amide bonds. The normalized spacial score (nSPS) is 17.3. The molecule has 178 valence electrons. The van der Waals surface area contributed by atoms with E-state index >= 15 is 0 Å². The maximum absolute atomic E-state index is 13.8. The van der Waals surface area contributed by atoms with E-state index in [0.29, 0.717) is 24.5 Å². The van der Waals surface area contributed by atoms with Gasteiger partial charge in [-0.25, -0.2) is 9.89 Å². The summed E-state index contributed by atoms with van der Waals surface area (Å²) >= 11 is 6.01. The number of hydrogen-bond acceptors (Lipinski definition) is 5. The maximum atomic E-state index is 13.8. The number of carbonyl (C=O) groups is 2. The second-order valence-corrected chi connectivity index (χ2v) is 9.28. The Balaban J connectivity index is 1.51. The van der Waals surface area contributed by atoms with Crippen molar-refractivity contribution in [2.24, 2.45) is 0 Å². The Morgan fingerprint density at radius 1 is 1.21 bits per heavy atom. The first-order chi connectivity index (χ1) is 16.2. The number of aryl methyl sites for hydroxylation is 1. The number of nitrogens with one attached hydrogen (secondary N) is 1. The zero-order valence-corrected chi connectivity index (χ0v) is 20.0. The molecule has 1 aliphatic heterocycles. The number of nitrogens with zero attached hydrogens (tertiary/aromatic N) is 3. The molecule has 4 rings (SSSR count). The first-order valence-electron chi connectivity index (χ1n) is 11.2. The topological polar surface area (TPSA) is 99.5 Å². The number of halogens is 1. The number of carbonyl (C=O) groups excluding carboxylic acids is 2. The van der Waals surface area contributed by atoms with E-state index in [4.69, 9.17) is 16.0 Å². The summed E-state index contributed by atoms with van der Waals surface area (Å²) in [6.07, 6.45) is 1.10. The number of rotatable bonds is 8. The van der Waals surface area contributed by atoms with E-state index in [1.54, 1.807) is 21.9 Å². The van der Waals surface area contributed by atoms with Crippen LogP contribution in [-0.2, 0) is 29.0 Å². The number of benzene rings is 2. The second kappa shape index (κ2) is 9.85. The zero-order valence-electron chi connectivity index (χ0n) is 19.2. The molecule has 2 heterocycles. The van der Waals surface area contributed by atoms with E-state index in [1.165, 1.54) is 0 Å². The van der Waals surface area contributed by atoms with Crippen LogP contribution in [0.2, 0.25) is 5.02 Å². The highest BCUT2D eigenvalue weighted by Gasteiger charge is 2.50. The molecule has 1 fully saturated rings. The van der Waals surface area contributed by atoms with E-state index in [9.17, 15) is 14.4 Å². The van der Waals surface area contributed by atoms with Crippen molar-refractivity contribution in [3.63, 3.8) is 0 Å². The van der Waals surface area contributed by atoms with E-state index in [2.05, 4.69) is 10.2 Å². The third-order valence-corrected chi connectivity index (χ3v) is 6.52. The first-order valence-corrected chi connectivity index (χ1v) is 11.6. The standard InChI is InChI=1S/C25H27ClN4O4/c1-17-4-3-5-19(14-17)15-22(31)30-13-11-25(30,2)23(32)29(12-10-21-27-28-24(33)34-21)16-18-6-8-20(26)9-7-18/h3-9,14H,10-13,15-16H2,1-2H3,(H,28,33). The van der Waals surface area contributed by atoms with Gasteiger partial charge >= 0.3 is 5.76 Å². The Hall–Kier alpha value is -3.39. The lowest BCUT2D eigenvalue weighted by molar-refractivity contribution is -0.164. The molecule has 1 N–H and O–H groups in total. The molecule has 1 aliphatic rings. The minimum Gasteiger partial charge on any atom is -0.392 e. The van der Waals surface area contributed by atoms with Gasteiger partial charge in [-0.1, -0.05) is 53.6 Å². The molecule has 34 heavy (non-hydrogen) atoms. The van der Waals surface area contributed by atoms with Gasteiger partial charge in [0.05, 0.1) is 6.42 Å². The average Bonchev–Trinajstić information content (AvgIpc) is 3.21. The molecular formula is C25H27ClN4O4. The second-order valence-electron chi connectivity index (χ2n) is 8.85. The SMILES string of the molecule is Cc1cccc(CC(=O)N2CCC2(C)C(=O)N(CCc2n[nH]c(=O)o2)Cc2ccc(Cl)cc2)c1. The van der Waals surface area contributed by atoms with E-state index in [-0.39, 0.29) is 37.1 Å². The smallest absolute Gasteiger partial charge is 0.392 e. The third-order valence-electron chi connectivity index (χ3n) is 6.27. The Bertz CT molecular complexity index is 1240. The summed E-state index contributed by atoms with van der Waals surface area (Å²) < 4.78 is 5.00. The Kier molecular flexibility index (Phi) is 6.88. The van der Waals surface area contributed by atoms with Crippen LogP contribution in [0.1, 0.15) is 35.9 Å². The fourth-order valence-corrected chi connectivity index (χ4v) is 4.40. The highest BCUT2D eigenvalue weighted by molar-refractivity contribution is 6.30. The van der Waals surface area contributed by atoms with Gasteiger partial charge in [-0.15, -0.1) is 5.10 Å². The molecule has 1 unspecified atom stereocenters. The summed E-state index contributed by atoms with van der Waals surface area (Å²) in [6, 6.07) is 15.1. The predicted octanol–water partition coefficient (Wildman–Crippen LogP) is 3.13. The zero-order chi connectivity index (χ0) is 24.3. The molecule has 9 heteroatoms. The van der Waals surface area contributed by atoms with Crippen LogP contribution in [0, 0.1) is 6.92 Å². The quantitative estimate of drug-likeness (QED) is 0.531. The van der Waals surface area contributed by atoms with Crippen molar-refractivity contribution < 1.29 is 14.0 Å². The molecule has 0 radical (unpaired) electrons. The monoisotopic (exact) mass is 482 g/mol. The molecule has 0 bridgehead atoms. The van der Waals surface area contributed by atoms with Crippen molar-refractivity contribution in [3.8, 4) is 0 Å². The van der Waals surface area contributed by atoms with Gasteiger partial charge in [-0.3, -0.25) is 9.59 Å². The highest BCUT2D eigenvalue weighted by atomic mass is 35.5. The predicted molar refractivity (Wildman–Crippen MR) is 127 cm³/mol. The Labute approximate surface area is 202 Å². The van der Waals surface area contributed by atoms with Crippen LogP contribution < -0.4 is 5.76 Å². The number of likely N-dealkylation sites (tertiary alicyclic amines) is 1. The average molecular weight is 483 g/mol. The summed E-state index contributed by atoms with van der Waals surface area (Å²) in [7, 11) is 0. The first kappa shape index (κ1) is 23.8. The van der Waals surface area contributed by atoms with Crippen molar-refractivity contribution in [2.75, 3.05) is 13.1 Å². The number of aromatic nitrogens is 2. The van der Waals surface area contributed by atoms with Crippen LogP contribution in [0.3, 0.4) is 0 Å². The van der Waals surface area contributed by atoms with Gasteiger partial charge in [0.15, 0.2) is 0 Å². The minimum atomic E-state index is -0.931. The van der Waals surface area contributed by atoms with Crippen molar-refractivity contribution in [2.45, 2.75) is 45.2 Å². The summed E-state index contributed by atoms with van der Waals surface area (Å²) in [4.78, 5) is 41.5. The molecule has 1 aromatic heterocycles. The lowest BCUT2D eigenvalue weighted by Gasteiger charge is -2.51. The number of aromatic amines is 1. The molecule has 1 atom stereocenters. The van der Waals surface area contributed by atoms with Crippen LogP contribution in [0.25, 0.3) is 0 Å². The van der Waals surface area contributed by atoms with Gasteiger partial charge < -0.3 is 14.2 Å². The fraction of sp³-hybridized carbons (Fsp3) is 0.360. The van der Waals surface area contributed by atoms with Gasteiger partial charge in [0, 0.05) is 31.1 Å². The fourth-order valence-electron chi connectivity index (χ4n) is 4.27. The number of hydrogen-bond donors (Lipinski definition) is 1. The van der Waals surface area contributed by atoms with Crippen molar-refractivity contribution in [1.82, 2.24) is 20.0 Å². The maximum Gasteiger partial charge on any atom is 0.434 e. The number of H-pyrrole nitrogens is 1. The van der Waals surface area contributed by atoms with Crippen molar-refractivity contribution in [3.05, 3.63) is 86.7 Å². The molecule has 8 nitrogen and oxygen atoms in total. The van der Waals surface area contributed by atoms with E-state index in [1.807, 2.05) is 50.2 Å². The summed E-state index contributed by atoms with van der Waals surface area (Å²) in [5, 5.41) is 6.68. The van der Waals surface area contributed by atoms with E-state index < -0.39 is 11.3 Å². The molecule has 1 saturated heterocycles.